The summed E-state index contributed by atoms with van der Waals surface area (Å²) in [4.78, 5) is 1.25. The van der Waals surface area contributed by atoms with Gasteiger partial charge in [0.15, 0.2) is 0 Å². The van der Waals surface area contributed by atoms with Gasteiger partial charge in [-0.15, -0.1) is 11.8 Å². The van der Waals surface area contributed by atoms with Crippen LogP contribution in [0.3, 0.4) is 0 Å². The van der Waals surface area contributed by atoms with Crippen molar-refractivity contribution in [3.63, 3.8) is 0 Å². The van der Waals surface area contributed by atoms with Crippen LogP contribution in [0.2, 0.25) is 0 Å². The largest absolute Gasteiger partial charge is 0.316 e. The van der Waals surface area contributed by atoms with E-state index in [0.29, 0.717) is 0 Å². The van der Waals surface area contributed by atoms with E-state index in [1.807, 2.05) is 29.7 Å². The van der Waals surface area contributed by atoms with Crippen LogP contribution in [0.5, 0.6) is 0 Å². The second-order valence-electron chi connectivity index (χ2n) is 3.30. The molecule has 1 aromatic rings. The predicted octanol–water partition coefficient (Wildman–Crippen LogP) is 1.90. The first-order valence-corrected chi connectivity index (χ1v) is 6.13. The van der Waals surface area contributed by atoms with Gasteiger partial charge in [-0.3, -0.25) is 4.68 Å². The Morgan fingerprint density at radius 1 is 1.50 bits per heavy atom. The van der Waals surface area contributed by atoms with E-state index in [0.717, 1.165) is 18.8 Å². The number of aromatic nitrogens is 2. The summed E-state index contributed by atoms with van der Waals surface area (Å²) in [6, 6.07) is 0. The van der Waals surface area contributed by atoms with Crippen molar-refractivity contribution < 1.29 is 0 Å². The van der Waals surface area contributed by atoms with Gasteiger partial charge in [-0.25, -0.2) is 0 Å². The van der Waals surface area contributed by atoms with Crippen molar-refractivity contribution in [2.75, 3.05) is 18.8 Å². The number of unbranched alkanes of at least 4 members (excludes halogenated alkanes) is 1. The summed E-state index contributed by atoms with van der Waals surface area (Å²) in [6.45, 7) is 4.44. The Labute approximate surface area is 90.3 Å². The Hall–Kier alpha value is -0.480. The number of thioether (sulfide) groups is 1. The second kappa shape index (κ2) is 6.90. The molecule has 80 valence electrons. The minimum Gasteiger partial charge on any atom is -0.316 e. The summed E-state index contributed by atoms with van der Waals surface area (Å²) in [7, 11) is 1.95. The van der Waals surface area contributed by atoms with E-state index >= 15 is 0 Å². The van der Waals surface area contributed by atoms with Crippen molar-refractivity contribution in [2.45, 2.75) is 24.7 Å². The van der Waals surface area contributed by atoms with E-state index in [1.165, 1.54) is 17.7 Å². The van der Waals surface area contributed by atoms with Crippen LogP contribution in [-0.2, 0) is 7.05 Å². The first-order valence-electron chi connectivity index (χ1n) is 5.15. The minimum absolute atomic E-state index is 1.08. The molecule has 0 unspecified atom stereocenters. The zero-order valence-electron chi connectivity index (χ0n) is 8.99. The third-order valence-corrected chi connectivity index (χ3v) is 2.89. The lowest BCUT2D eigenvalue weighted by Crippen LogP contribution is -2.18. The van der Waals surface area contributed by atoms with Gasteiger partial charge in [0.05, 0.1) is 6.20 Å². The van der Waals surface area contributed by atoms with Crippen LogP contribution in [0.15, 0.2) is 17.3 Å². The molecule has 4 heteroatoms. The third kappa shape index (κ3) is 4.67. The summed E-state index contributed by atoms with van der Waals surface area (Å²) in [5.74, 6) is 1.12. The highest BCUT2D eigenvalue weighted by Crippen LogP contribution is 2.14. The first kappa shape index (κ1) is 11.6. The highest BCUT2D eigenvalue weighted by Gasteiger charge is 1.95. The molecular weight excluding hydrogens is 194 g/mol. The van der Waals surface area contributed by atoms with E-state index in [1.54, 1.807) is 0 Å². The average Bonchev–Trinajstić information content (AvgIpc) is 2.58. The highest BCUT2D eigenvalue weighted by molar-refractivity contribution is 7.99. The van der Waals surface area contributed by atoms with E-state index in [4.69, 9.17) is 0 Å². The molecule has 3 nitrogen and oxygen atoms in total. The lowest BCUT2D eigenvalue weighted by atomic mass is 10.3. The third-order valence-electron chi connectivity index (χ3n) is 1.94. The van der Waals surface area contributed by atoms with Crippen molar-refractivity contribution in [3.8, 4) is 0 Å². The van der Waals surface area contributed by atoms with Gasteiger partial charge in [-0.05, 0) is 13.0 Å². The Kier molecular flexibility index (Phi) is 5.71. The molecule has 0 atom stereocenters. The van der Waals surface area contributed by atoms with Gasteiger partial charge in [0, 0.05) is 30.4 Å². The molecule has 1 N–H and O–H groups in total. The van der Waals surface area contributed by atoms with Crippen LogP contribution in [0.1, 0.15) is 19.8 Å². The van der Waals surface area contributed by atoms with Gasteiger partial charge in [0.2, 0.25) is 0 Å². The molecule has 0 aliphatic carbocycles. The maximum atomic E-state index is 4.12. The highest BCUT2D eigenvalue weighted by atomic mass is 32.2. The quantitative estimate of drug-likeness (QED) is 0.554. The van der Waals surface area contributed by atoms with Crippen LogP contribution >= 0.6 is 11.8 Å². The summed E-state index contributed by atoms with van der Waals surface area (Å²) < 4.78 is 1.84. The molecule has 0 spiro atoms. The van der Waals surface area contributed by atoms with Crippen molar-refractivity contribution >= 4 is 11.8 Å². The number of rotatable bonds is 7. The van der Waals surface area contributed by atoms with E-state index in [2.05, 4.69) is 23.5 Å². The van der Waals surface area contributed by atoms with Gasteiger partial charge < -0.3 is 5.32 Å². The van der Waals surface area contributed by atoms with Gasteiger partial charge in [-0.2, -0.15) is 5.10 Å². The summed E-state index contributed by atoms with van der Waals surface area (Å²) in [5, 5.41) is 7.54. The SMILES string of the molecule is CCCCNCCSc1cnn(C)c1. The van der Waals surface area contributed by atoms with Crippen LogP contribution < -0.4 is 5.32 Å². The second-order valence-corrected chi connectivity index (χ2v) is 4.47. The molecule has 0 aliphatic rings. The smallest absolute Gasteiger partial charge is 0.0625 e. The Bertz CT molecular complexity index is 247. The van der Waals surface area contributed by atoms with Crippen molar-refractivity contribution in [1.82, 2.24) is 15.1 Å². The fourth-order valence-corrected chi connectivity index (χ4v) is 1.97. The monoisotopic (exact) mass is 213 g/mol. The predicted molar refractivity (Wildman–Crippen MR) is 61.7 cm³/mol. The molecule has 1 aromatic heterocycles. The molecule has 0 bridgehead atoms. The fraction of sp³-hybridized carbons (Fsp3) is 0.700. The fourth-order valence-electron chi connectivity index (χ4n) is 1.14. The van der Waals surface area contributed by atoms with Crippen LogP contribution in [0.4, 0.5) is 0 Å². The maximum absolute atomic E-state index is 4.12. The Morgan fingerprint density at radius 2 is 2.36 bits per heavy atom. The van der Waals surface area contributed by atoms with Crippen LogP contribution in [0, 0.1) is 0 Å². The van der Waals surface area contributed by atoms with Crippen molar-refractivity contribution in [1.29, 1.82) is 0 Å². The van der Waals surface area contributed by atoms with Gasteiger partial charge in [0.25, 0.3) is 0 Å². The molecule has 1 heterocycles. The van der Waals surface area contributed by atoms with Crippen molar-refractivity contribution in [2.24, 2.45) is 7.05 Å². The lowest BCUT2D eigenvalue weighted by molar-refractivity contribution is 0.666. The van der Waals surface area contributed by atoms with Gasteiger partial charge >= 0.3 is 0 Å². The standard InChI is InChI=1S/C10H19N3S/c1-3-4-5-11-6-7-14-10-8-12-13(2)9-10/h8-9,11H,3-7H2,1-2H3. The maximum Gasteiger partial charge on any atom is 0.0625 e. The first-order chi connectivity index (χ1) is 6.83. The van der Waals surface area contributed by atoms with E-state index < -0.39 is 0 Å². The molecule has 0 amide bonds. The number of aryl methyl sites for hydroxylation is 1. The number of nitrogens with zero attached hydrogens (tertiary/aromatic N) is 2. The molecule has 0 aliphatic heterocycles. The van der Waals surface area contributed by atoms with Crippen LogP contribution in [0.25, 0.3) is 0 Å². The molecular formula is C10H19N3S. The minimum atomic E-state index is 1.08. The molecule has 1 rings (SSSR count). The summed E-state index contributed by atoms with van der Waals surface area (Å²) in [5.41, 5.74) is 0. The Balaban J connectivity index is 1.99. The normalized spacial score (nSPS) is 10.7. The molecule has 14 heavy (non-hydrogen) atoms. The lowest BCUT2D eigenvalue weighted by Gasteiger charge is -2.01. The van der Waals surface area contributed by atoms with Gasteiger partial charge in [-0.1, -0.05) is 13.3 Å². The molecule has 0 fully saturated rings. The topological polar surface area (TPSA) is 29.9 Å². The van der Waals surface area contributed by atoms with Crippen LogP contribution in [-0.4, -0.2) is 28.6 Å². The van der Waals surface area contributed by atoms with E-state index in [-0.39, 0.29) is 0 Å². The number of hydrogen-bond acceptors (Lipinski definition) is 3. The number of hydrogen-bond donors (Lipinski definition) is 1. The Morgan fingerprint density at radius 3 is 3.00 bits per heavy atom. The summed E-state index contributed by atoms with van der Waals surface area (Å²) in [6.07, 6.45) is 6.51. The molecule has 0 radical (unpaired) electrons. The zero-order chi connectivity index (χ0) is 10.2. The van der Waals surface area contributed by atoms with E-state index in [9.17, 15) is 0 Å². The van der Waals surface area contributed by atoms with Gasteiger partial charge in [0.1, 0.15) is 0 Å². The molecule has 0 saturated heterocycles. The zero-order valence-corrected chi connectivity index (χ0v) is 9.81. The molecule has 0 aromatic carbocycles. The molecule has 0 saturated carbocycles. The number of nitrogens with one attached hydrogen (secondary N) is 1. The van der Waals surface area contributed by atoms with Crippen molar-refractivity contribution in [3.05, 3.63) is 12.4 Å². The summed E-state index contributed by atoms with van der Waals surface area (Å²) >= 11 is 1.85. The average molecular weight is 213 g/mol.